The van der Waals surface area contributed by atoms with E-state index in [1.807, 2.05) is 6.07 Å². The highest BCUT2D eigenvalue weighted by Crippen LogP contribution is 2.47. The average Bonchev–Trinajstić information content (AvgIpc) is 3.68. The van der Waals surface area contributed by atoms with Gasteiger partial charge in [0, 0.05) is 16.5 Å². The molecule has 0 fully saturated rings. The molecule has 0 radical (unpaired) electrons. The van der Waals surface area contributed by atoms with E-state index in [2.05, 4.69) is 150 Å². The number of para-hydroxylation sites is 1. The maximum absolute atomic E-state index is 5.32. The molecule has 0 N–H and O–H groups in total. The number of fused-ring (bicyclic) bond motifs is 9. The fraction of sp³-hybridized carbons (Fsp3) is 0. The molecular formula is C42H25N3S. The maximum Gasteiger partial charge on any atom is 0.195 e. The van der Waals surface area contributed by atoms with Gasteiger partial charge in [-0.3, -0.25) is 4.40 Å². The molecule has 0 spiro atoms. The number of pyridine rings is 1. The van der Waals surface area contributed by atoms with Crippen molar-refractivity contribution < 1.29 is 0 Å². The number of imidazole rings is 1. The Bertz CT molecular complexity index is 2740. The molecule has 3 nitrogen and oxygen atoms in total. The lowest BCUT2D eigenvalue weighted by molar-refractivity contribution is 1.32. The molecule has 3 heterocycles. The van der Waals surface area contributed by atoms with Crippen molar-refractivity contribution >= 4 is 70.0 Å². The van der Waals surface area contributed by atoms with E-state index in [1.165, 1.54) is 48.5 Å². The summed E-state index contributed by atoms with van der Waals surface area (Å²) in [5, 5.41) is 6.09. The summed E-state index contributed by atoms with van der Waals surface area (Å²) in [7, 11) is 0. The Kier molecular flexibility index (Phi) is 5.45. The molecule has 0 aliphatic carbocycles. The first-order valence-electron chi connectivity index (χ1n) is 15.5. The van der Waals surface area contributed by atoms with Crippen LogP contribution in [-0.2, 0) is 0 Å². The third-order valence-electron chi connectivity index (χ3n) is 9.20. The minimum atomic E-state index is 0.954. The Morgan fingerprint density at radius 2 is 1.02 bits per heavy atom. The van der Waals surface area contributed by atoms with E-state index in [1.54, 1.807) is 11.3 Å². The molecule has 0 saturated carbocycles. The van der Waals surface area contributed by atoms with Gasteiger partial charge < -0.3 is 0 Å². The first-order chi connectivity index (χ1) is 22.8. The summed E-state index contributed by atoms with van der Waals surface area (Å²) >= 11 is 1.76. The number of thiazole rings is 1. The molecular weight excluding hydrogens is 579 g/mol. The van der Waals surface area contributed by atoms with Gasteiger partial charge in [-0.05, 0) is 50.4 Å². The normalized spacial score (nSPS) is 11.9. The van der Waals surface area contributed by atoms with E-state index in [-0.39, 0.29) is 0 Å². The van der Waals surface area contributed by atoms with Gasteiger partial charge in [0.25, 0.3) is 0 Å². The van der Waals surface area contributed by atoms with Crippen LogP contribution >= 0.6 is 11.3 Å². The fourth-order valence-corrected chi connectivity index (χ4v) is 8.42. The van der Waals surface area contributed by atoms with Crippen LogP contribution in [0.5, 0.6) is 0 Å². The van der Waals surface area contributed by atoms with Crippen molar-refractivity contribution in [2.45, 2.75) is 0 Å². The van der Waals surface area contributed by atoms with E-state index >= 15 is 0 Å². The number of rotatable bonds is 3. The zero-order valence-electron chi connectivity index (χ0n) is 24.7. The summed E-state index contributed by atoms with van der Waals surface area (Å²) in [6.45, 7) is 0. The van der Waals surface area contributed by atoms with Gasteiger partial charge >= 0.3 is 0 Å². The van der Waals surface area contributed by atoms with Crippen molar-refractivity contribution in [2.75, 3.05) is 0 Å². The second kappa shape index (κ2) is 9.83. The Labute approximate surface area is 268 Å². The summed E-state index contributed by atoms with van der Waals surface area (Å²) in [5.74, 6) is 0. The third kappa shape index (κ3) is 3.59. The topological polar surface area (TPSA) is 30.2 Å². The number of nitrogens with zero attached hydrogens (tertiary/aromatic N) is 3. The molecule has 0 unspecified atom stereocenters. The van der Waals surface area contributed by atoms with Gasteiger partial charge in [-0.2, -0.15) is 0 Å². The zero-order chi connectivity index (χ0) is 30.2. The number of hydrogen-bond donors (Lipinski definition) is 0. The minimum Gasteiger partial charge on any atom is -0.281 e. The van der Waals surface area contributed by atoms with E-state index in [0.717, 1.165) is 43.7 Å². The molecule has 0 atom stereocenters. The molecule has 10 rings (SSSR count). The first kappa shape index (κ1) is 25.5. The smallest absolute Gasteiger partial charge is 0.195 e. The van der Waals surface area contributed by atoms with E-state index in [0.29, 0.717) is 0 Å². The van der Waals surface area contributed by atoms with Crippen molar-refractivity contribution in [1.29, 1.82) is 0 Å². The summed E-state index contributed by atoms with van der Waals surface area (Å²) in [4.78, 5) is 11.5. The third-order valence-corrected chi connectivity index (χ3v) is 10.3. The second-order valence-corrected chi connectivity index (χ2v) is 12.7. The summed E-state index contributed by atoms with van der Waals surface area (Å²) < 4.78 is 3.56. The zero-order valence-corrected chi connectivity index (χ0v) is 25.5. The molecule has 214 valence electrons. The van der Waals surface area contributed by atoms with Gasteiger partial charge in [0.05, 0.1) is 21.4 Å². The van der Waals surface area contributed by atoms with E-state index in [4.69, 9.17) is 9.97 Å². The number of benzene rings is 7. The van der Waals surface area contributed by atoms with Gasteiger partial charge in [0.15, 0.2) is 4.96 Å². The number of aromatic nitrogens is 3. The van der Waals surface area contributed by atoms with Crippen LogP contribution in [0.25, 0.3) is 92.2 Å². The van der Waals surface area contributed by atoms with Crippen LogP contribution in [0.2, 0.25) is 0 Å². The van der Waals surface area contributed by atoms with Crippen LogP contribution in [0.3, 0.4) is 0 Å². The number of hydrogen-bond acceptors (Lipinski definition) is 3. The van der Waals surface area contributed by atoms with Crippen molar-refractivity contribution in [3.63, 3.8) is 0 Å². The highest BCUT2D eigenvalue weighted by atomic mass is 32.1. The van der Waals surface area contributed by atoms with Crippen molar-refractivity contribution in [3.05, 3.63) is 152 Å². The molecule has 0 bridgehead atoms. The van der Waals surface area contributed by atoms with Gasteiger partial charge in [0.1, 0.15) is 11.0 Å². The minimum absolute atomic E-state index is 0.954. The largest absolute Gasteiger partial charge is 0.281 e. The first-order valence-corrected chi connectivity index (χ1v) is 16.3. The molecule has 3 aromatic heterocycles. The Morgan fingerprint density at radius 3 is 1.70 bits per heavy atom. The predicted octanol–water partition coefficient (Wildman–Crippen LogP) is 11.6. The van der Waals surface area contributed by atoms with Crippen LogP contribution in [0.1, 0.15) is 0 Å². The molecule has 4 heteroatoms. The van der Waals surface area contributed by atoms with Crippen molar-refractivity contribution in [2.24, 2.45) is 0 Å². The lowest BCUT2D eigenvalue weighted by atomic mass is 9.86. The molecule has 46 heavy (non-hydrogen) atoms. The Balaban J connectivity index is 1.34. The lowest BCUT2D eigenvalue weighted by Crippen LogP contribution is -1.93. The molecule has 0 aliphatic heterocycles. The summed E-state index contributed by atoms with van der Waals surface area (Å²) in [6, 6.07) is 54.0. The molecule has 0 amide bonds. The molecule has 0 aliphatic rings. The lowest BCUT2D eigenvalue weighted by Gasteiger charge is -2.18. The van der Waals surface area contributed by atoms with Crippen LogP contribution in [0.4, 0.5) is 0 Å². The van der Waals surface area contributed by atoms with Crippen LogP contribution in [0, 0.1) is 0 Å². The van der Waals surface area contributed by atoms with Crippen LogP contribution < -0.4 is 0 Å². The molecule has 10 aromatic rings. The summed E-state index contributed by atoms with van der Waals surface area (Å²) in [6.07, 6.45) is 0. The van der Waals surface area contributed by atoms with Gasteiger partial charge in [0.2, 0.25) is 0 Å². The highest BCUT2D eigenvalue weighted by molar-refractivity contribution is 7.24. The Morgan fingerprint density at radius 1 is 0.457 bits per heavy atom. The van der Waals surface area contributed by atoms with E-state index in [9.17, 15) is 0 Å². The second-order valence-electron chi connectivity index (χ2n) is 11.7. The van der Waals surface area contributed by atoms with Gasteiger partial charge in [-0.1, -0.05) is 151 Å². The standard InChI is InChI=1S/C42H25N3S/c1-3-14-26(15-4-1)36-28-18-7-9-20-30(28)37(31-21-10-8-19-29(31)36)33-23-13-25-35-41(33)46-42-44-39-32-22-11-12-24-34(32)43-38(40(39)45(35)42)27-16-5-2-6-17-27/h1-25H. The van der Waals surface area contributed by atoms with Crippen LogP contribution in [-0.4, -0.2) is 14.4 Å². The monoisotopic (exact) mass is 603 g/mol. The average molecular weight is 604 g/mol. The fourth-order valence-electron chi connectivity index (χ4n) is 7.27. The quantitative estimate of drug-likeness (QED) is 0.188. The predicted molar refractivity (Wildman–Crippen MR) is 195 cm³/mol. The van der Waals surface area contributed by atoms with Gasteiger partial charge in [-0.15, -0.1) is 0 Å². The summed E-state index contributed by atoms with van der Waals surface area (Å²) in [5.41, 5.74) is 11.2. The van der Waals surface area contributed by atoms with Crippen molar-refractivity contribution in [1.82, 2.24) is 14.4 Å². The SMILES string of the molecule is c1ccc(-c2c3ccccc3c(-c3cccc4c3sc3nc5c6ccccc6nc(-c6ccccc6)c5n34)c3ccccc23)cc1. The Hall–Kier alpha value is -5.84. The van der Waals surface area contributed by atoms with Crippen molar-refractivity contribution in [3.8, 4) is 33.5 Å². The molecule has 7 aromatic carbocycles. The van der Waals surface area contributed by atoms with Gasteiger partial charge in [-0.25, -0.2) is 9.97 Å². The maximum atomic E-state index is 5.32. The van der Waals surface area contributed by atoms with E-state index < -0.39 is 0 Å². The van der Waals surface area contributed by atoms with Crippen LogP contribution in [0.15, 0.2) is 152 Å². The molecule has 0 saturated heterocycles. The highest BCUT2D eigenvalue weighted by Gasteiger charge is 2.23.